The molecule has 0 saturated heterocycles. The van der Waals surface area contributed by atoms with Crippen LogP contribution in [0.15, 0.2) is 78.9 Å². The summed E-state index contributed by atoms with van der Waals surface area (Å²) in [6, 6.07) is 29.3. The van der Waals surface area contributed by atoms with Gasteiger partial charge in [-0.1, -0.05) is 80.6 Å². The quantitative estimate of drug-likeness (QED) is 0.322. The molecule has 0 bridgehead atoms. The number of hydrogen-bond donors (Lipinski definition) is 0. The number of fused-ring (bicyclic) bond motifs is 6. The van der Waals surface area contributed by atoms with Crippen molar-refractivity contribution >= 4 is 0 Å². The Morgan fingerprint density at radius 3 is 1.66 bits per heavy atom. The van der Waals surface area contributed by atoms with Crippen molar-refractivity contribution < 1.29 is 4.57 Å². The van der Waals surface area contributed by atoms with Gasteiger partial charge in [0.25, 0.3) is 0 Å². The first-order valence-electron chi connectivity index (χ1n) is 12.1. The molecule has 6 rings (SSSR count). The van der Waals surface area contributed by atoms with Gasteiger partial charge in [0.05, 0.1) is 0 Å². The van der Waals surface area contributed by atoms with Crippen LogP contribution in [0.5, 0.6) is 0 Å². The van der Waals surface area contributed by atoms with Crippen LogP contribution in [-0.4, -0.2) is 0 Å². The van der Waals surface area contributed by atoms with Gasteiger partial charge < -0.3 is 0 Å². The van der Waals surface area contributed by atoms with Gasteiger partial charge in [0.1, 0.15) is 0 Å². The van der Waals surface area contributed by atoms with Crippen LogP contribution < -0.4 is 4.57 Å². The molecule has 3 aromatic carbocycles. The van der Waals surface area contributed by atoms with Crippen LogP contribution in [0.1, 0.15) is 36.1 Å². The van der Waals surface area contributed by atoms with Gasteiger partial charge in [-0.15, -0.1) is 0 Å². The molecule has 0 amide bonds. The van der Waals surface area contributed by atoms with E-state index >= 15 is 0 Å². The lowest BCUT2D eigenvalue weighted by atomic mass is 9.77. The van der Waals surface area contributed by atoms with Crippen LogP contribution in [0.3, 0.4) is 0 Å². The summed E-state index contributed by atoms with van der Waals surface area (Å²) in [7, 11) is 0. The Hall–Kier alpha value is -3.19. The number of benzene rings is 3. The average Bonchev–Trinajstić information content (AvgIpc) is 2.83. The highest BCUT2D eigenvalue weighted by atomic mass is 15.0. The first-order chi connectivity index (χ1) is 15.7. The summed E-state index contributed by atoms with van der Waals surface area (Å²) in [5, 5.41) is 0. The van der Waals surface area contributed by atoms with Gasteiger partial charge in [0.15, 0.2) is 6.54 Å². The van der Waals surface area contributed by atoms with Gasteiger partial charge in [-0.05, 0) is 54.5 Å². The second-order valence-electron chi connectivity index (χ2n) is 9.71. The van der Waals surface area contributed by atoms with Crippen molar-refractivity contribution in [3.05, 3.63) is 101 Å². The summed E-state index contributed by atoms with van der Waals surface area (Å²) in [4.78, 5) is 0. The molecular formula is C31H30N+. The maximum atomic E-state index is 2.69. The monoisotopic (exact) mass is 416 g/mol. The third-order valence-electron chi connectivity index (χ3n) is 7.16. The van der Waals surface area contributed by atoms with E-state index in [0.29, 0.717) is 5.92 Å². The summed E-state index contributed by atoms with van der Waals surface area (Å²) in [5.41, 5.74) is 14.7. The molecule has 0 saturated carbocycles. The minimum atomic E-state index is 0.582. The molecule has 0 radical (unpaired) electrons. The standard InChI is InChI=1S/C31H30N/c1-21(2)20-32-30-25-14-8-6-10-22(25)16-18-27(30)29(24-12-4-3-5-13-24)28-19-17-23-11-7-9-15-26(23)31(28)32/h3-15,21H,16-20H2,1-2H3/q+1. The van der Waals surface area contributed by atoms with Crippen LogP contribution in [-0.2, 0) is 32.2 Å². The van der Waals surface area contributed by atoms with Crippen molar-refractivity contribution in [1.82, 2.24) is 0 Å². The number of nitrogens with zero attached hydrogens (tertiary/aromatic N) is 1. The molecule has 0 atom stereocenters. The molecule has 1 heterocycles. The molecule has 158 valence electrons. The van der Waals surface area contributed by atoms with E-state index in [2.05, 4.69) is 97.3 Å². The highest BCUT2D eigenvalue weighted by Crippen LogP contribution is 2.44. The van der Waals surface area contributed by atoms with Gasteiger partial charge in [0, 0.05) is 33.7 Å². The molecule has 0 aliphatic heterocycles. The SMILES string of the molecule is CC(C)C[n+]1c2c(c(-c3ccccc3)c3c1-c1ccccc1CC3)CCc1ccccc1-2. The Kier molecular flexibility index (Phi) is 4.72. The highest BCUT2D eigenvalue weighted by Gasteiger charge is 2.37. The molecule has 2 aliphatic rings. The van der Waals surface area contributed by atoms with Crippen molar-refractivity contribution in [2.75, 3.05) is 0 Å². The van der Waals surface area contributed by atoms with E-state index in [0.717, 1.165) is 32.2 Å². The van der Waals surface area contributed by atoms with Crippen LogP contribution >= 0.6 is 0 Å². The van der Waals surface area contributed by atoms with E-state index in [9.17, 15) is 0 Å². The maximum absolute atomic E-state index is 2.69. The van der Waals surface area contributed by atoms with Crippen molar-refractivity contribution in [2.45, 2.75) is 46.1 Å². The summed E-state index contributed by atoms with van der Waals surface area (Å²) in [6.07, 6.45) is 4.48. The minimum Gasteiger partial charge on any atom is -0.191 e. The first kappa shape index (κ1) is 19.5. The van der Waals surface area contributed by atoms with Crippen molar-refractivity contribution in [3.8, 4) is 33.6 Å². The van der Waals surface area contributed by atoms with Gasteiger partial charge in [-0.3, -0.25) is 0 Å². The second kappa shape index (κ2) is 7.74. The molecule has 1 heteroatoms. The molecule has 32 heavy (non-hydrogen) atoms. The second-order valence-corrected chi connectivity index (χ2v) is 9.71. The Bertz CT molecular complexity index is 1240. The molecule has 4 aromatic rings. The normalized spacial score (nSPS) is 13.8. The topological polar surface area (TPSA) is 3.88 Å². The third-order valence-corrected chi connectivity index (χ3v) is 7.16. The summed E-state index contributed by atoms with van der Waals surface area (Å²) in [5.74, 6) is 0.582. The Morgan fingerprint density at radius 2 is 1.12 bits per heavy atom. The lowest BCUT2D eigenvalue weighted by molar-refractivity contribution is -0.681. The van der Waals surface area contributed by atoms with E-state index in [1.165, 1.54) is 44.8 Å². The van der Waals surface area contributed by atoms with E-state index in [1.54, 1.807) is 11.1 Å². The van der Waals surface area contributed by atoms with E-state index in [1.807, 2.05) is 0 Å². The maximum Gasteiger partial charge on any atom is 0.217 e. The molecule has 0 unspecified atom stereocenters. The summed E-state index contributed by atoms with van der Waals surface area (Å²) in [6.45, 7) is 5.74. The zero-order chi connectivity index (χ0) is 21.7. The first-order valence-corrected chi connectivity index (χ1v) is 12.1. The molecular weight excluding hydrogens is 386 g/mol. The lowest BCUT2D eigenvalue weighted by Crippen LogP contribution is -2.45. The van der Waals surface area contributed by atoms with Gasteiger partial charge in [-0.25, -0.2) is 0 Å². The van der Waals surface area contributed by atoms with Crippen molar-refractivity contribution in [3.63, 3.8) is 0 Å². The number of pyridine rings is 1. The molecule has 0 spiro atoms. The minimum absolute atomic E-state index is 0.582. The van der Waals surface area contributed by atoms with E-state index < -0.39 is 0 Å². The van der Waals surface area contributed by atoms with E-state index in [4.69, 9.17) is 0 Å². The molecule has 1 nitrogen and oxygen atoms in total. The van der Waals surface area contributed by atoms with Gasteiger partial charge >= 0.3 is 0 Å². The Balaban J connectivity index is 1.79. The largest absolute Gasteiger partial charge is 0.217 e. The average molecular weight is 417 g/mol. The third kappa shape index (κ3) is 3.03. The zero-order valence-corrected chi connectivity index (χ0v) is 19.1. The Morgan fingerprint density at radius 1 is 0.625 bits per heavy atom. The smallest absolute Gasteiger partial charge is 0.191 e. The van der Waals surface area contributed by atoms with E-state index in [-0.39, 0.29) is 0 Å². The number of aromatic nitrogens is 1. The zero-order valence-electron chi connectivity index (χ0n) is 19.1. The molecule has 2 aliphatic carbocycles. The number of rotatable bonds is 3. The van der Waals surface area contributed by atoms with Crippen molar-refractivity contribution in [2.24, 2.45) is 5.92 Å². The predicted octanol–water partition coefficient (Wildman–Crippen LogP) is 6.83. The molecule has 1 aromatic heterocycles. The molecule has 0 fully saturated rings. The fraction of sp³-hybridized carbons (Fsp3) is 0.258. The highest BCUT2D eigenvalue weighted by molar-refractivity contribution is 5.85. The van der Waals surface area contributed by atoms with Gasteiger partial charge in [0.2, 0.25) is 11.4 Å². The van der Waals surface area contributed by atoms with Crippen LogP contribution in [0, 0.1) is 5.92 Å². The Labute approximate surface area is 191 Å². The van der Waals surface area contributed by atoms with Crippen LogP contribution in [0.25, 0.3) is 33.6 Å². The summed E-state index contributed by atoms with van der Waals surface area (Å²) < 4.78 is 2.69. The number of aryl methyl sites for hydroxylation is 2. The fourth-order valence-corrected chi connectivity index (χ4v) is 5.92. The lowest BCUT2D eigenvalue weighted by Gasteiger charge is -2.29. The predicted molar refractivity (Wildman–Crippen MR) is 133 cm³/mol. The van der Waals surface area contributed by atoms with Gasteiger partial charge in [-0.2, -0.15) is 4.57 Å². The summed E-state index contributed by atoms with van der Waals surface area (Å²) >= 11 is 0. The number of hydrogen-bond acceptors (Lipinski definition) is 0. The van der Waals surface area contributed by atoms with Crippen LogP contribution in [0.4, 0.5) is 0 Å². The fourth-order valence-electron chi connectivity index (χ4n) is 5.92. The molecule has 0 N–H and O–H groups in total. The van der Waals surface area contributed by atoms with Crippen molar-refractivity contribution in [1.29, 1.82) is 0 Å². The van der Waals surface area contributed by atoms with Crippen LogP contribution in [0.2, 0.25) is 0 Å².